The number of amides is 1. The standard InChI is InChI=1S/C18H21N3O/c19-13-18(22)21-12-6-11-20(14-15-7-2-1-3-8-15)16-9-4-5-10-17(16)21/h1-5,7-10H,6,11-14,19H2. The van der Waals surface area contributed by atoms with E-state index in [0.717, 1.165) is 37.4 Å². The summed E-state index contributed by atoms with van der Waals surface area (Å²) in [4.78, 5) is 16.3. The van der Waals surface area contributed by atoms with E-state index in [1.165, 1.54) is 5.56 Å². The van der Waals surface area contributed by atoms with Gasteiger partial charge in [0.15, 0.2) is 0 Å². The number of rotatable bonds is 3. The Morgan fingerprint density at radius 1 is 0.955 bits per heavy atom. The molecule has 0 saturated carbocycles. The molecule has 2 N–H and O–H groups in total. The molecule has 0 unspecified atom stereocenters. The van der Waals surface area contributed by atoms with Gasteiger partial charge in [-0.25, -0.2) is 0 Å². The number of para-hydroxylation sites is 2. The van der Waals surface area contributed by atoms with Gasteiger partial charge >= 0.3 is 0 Å². The van der Waals surface area contributed by atoms with Crippen LogP contribution in [0.3, 0.4) is 0 Å². The van der Waals surface area contributed by atoms with Crippen molar-refractivity contribution in [1.29, 1.82) is 0 Å². The molecule has 114 valence electrons. The molecule has 1 aliphatic rings. The predicted molar refractivity (Wildman–Crippen MR) is 90.0 cm³/mol. The van der Waals surface area contributed by atoms with Gasteiger partial charge in [-0.3, -0.25) is 4.79 Å². The molecule has 1 heterocycles. The average molecular weight is 295 g/mol. The second kappa shape index (κ2) is 6.62. The van der Waals surface area contributed by atoms with Gasteiger partial charge in [0.05, 0.1) is 17.9 Å². The number of fused-ring (bicyclic) bond motifs is 1. The van der Waals surface area contributed by atoms with Crippen LogP contribution in [0.4, 0.5) is 11.4 Å². The van der Waals surface area contributed by atoms with Crippen molar-refractivity contribution in [3.05, 3.63) is 60.2 Å². The molecule has 0 spiro atoms. The minimum absolute atomic E-state index is 0.0194. The second-order valence-electron chi connectivity index (χ2n) is 5.50. The smallest absolute Gasteiger partial charge is 0.240 e. The van der Waals surface area contributed by atoms with Gasteiger partial charge in [0.25, 0.3) is 0 Å². The van der Waals surface area contributed by atoms with Crippen molar-refractivity contribution in [2.45, 2.75) is 13.0 Å². The van der Waals surface area contributed by atoms with E-state index in [-0.39, 0.29) is 12.5 Å². The third kappa shape index (κ3) is 2.97. The highest BCUT2D eigenvalue weighted by atomic mass is 16.2. The summed E-state index contributed by atoms with van der Waals surface area (Å²) < 4.78 is 0. The van der Waals surface area contributed by atoms with Crippen molar-refractivity contribution in [2.24, 2.45) is 5.73 Å². The van der Waals surface area contributed by atoms with Crippen LogP contribution in [0.25, 0.3) is 0 Å². The van der Waals surface area contributed by atoms with Gasteiger partial charge in [-0.2, -0.15) is 0 Å². The van der Waals surface area contributed by atoms with Gasteiger partial charge in [-0.1, -0.05) is 42.5 Å². The van der Waals surface area contributed by atoms with E-state index < -0.39 is 0 Å². The summed E-state index contributed by atoms with van der Waals surface area (Å²) >= 11 is 0. The van der Waals surface area contributed by atoms with E-state index in [1.54, 1.807) is 0 Å². The molecular weight excluding hydrogens is 274 g/mol. The van der Waals surface area contributed by atoms with Crippen LogP contribution in [-0.4, -0.2) is 25.5 Å². The van der Waals surface area contributed by atoms with Crippen LogP contribution < -0.4 is 15.5 Å². The maximum absolute atomic E-state index is 12.1. The summed E-state index contributed by atoms with van der Waals surface area (Å²) in [6, 6.07) is 18.5. The summed E-state index contributed by atoms with van der Waals surface area (Å²) in [7, 11) is 0. The van der Waals surface area contributed by atoms with E-state index in [1.807, 2.05) is 29.2 Å². The van der Waals surface area contributed by atoms with E-state index in [9.17, 15) is 4.79 Å². The summed E-state index contributed by atoms with van der Waals surface area (Å²) in [5.41, 5.74) is 8.91. The van der Waals surface area contributed by atoms with Gasteiger partial charge in [0.2, 0.25) is 5.91 Å². The van der Waals surface area contributed by atoms with Crippen LogP contribution in [0, 0.1) is 0 Å². The fourth-order valence-corrected chi connectivity index (χ4v) is 2.96. The summed E-state index contributed by atoms with van der Waals surface area (Å²) in [6.45, 7) is 2.55. The molecular formula is C18H21N3O. The molecule has 2 aromatic carbocycles. The van der Waals surface area contributed by atoms with Crippen LogP contribution in [0.2, 0.25) is 0 Å². The zero-order valence-corrected chi connectivity index (χ0v) is 12.6. The highest BCUT2D eigenvalue weighted by molar-refractivity contribution is 5.98. The summed E-state index contributed by atoms with van der Waals surface area (Å²) in [5.74, 6) is -0.0194. The highest BCUT2D eigenvalue weighted by Crippen LogP contribution is 2.33. The van der Waals surface area contributed by atoms with Crippen molar-refractivity contribution in [2.75, 3.05) is 29.4 Å². The lowest BCUT2D eigenvalue weighted by Crippen LogP contribution is -2.36. The fourth-order valence-electron chi connectivity index (χ4n) is 2.96. The van der Waals surface area contributed by atoms with Gasteiger partial charge < -0.3 is 15.5 Å². The predicted octanol–water partition coefficient (Wildman–Crippen LogP) is 2.39. The third-order valence-corrected chi connectivity index (χ3v) is 4.01. The summed E-state index contributed by atoms with van der Waals surface area (Å²) in [5, 5.41) is 0. The van der Waals surface area contributed by atoms with E-state index >= 15 is 0 Å². The number of nitrogens with zero attached hydrogens (tertiary/aromatic N) is 2. The molecule has 4 nitrogen and oxygen atoms in total. The van der Waals surface area contributed by atoms with Gasteiger partial charge in [0, 0.05) is 19.6 Å². The Kier molecular flexibility index (Phi) is 4.39. The molecule has 1 amide bonds. The molecule has 4 heteroatoms. The van der Waals surface area contributed by atoms with Crippen LogP contribution in [-0.2, 0) is 11.3 Å². The topological polar surface area (TPSA) is 49.6 Å². The molecule has 0 radical (unpaired) electrons. The Morgan fingerprint density at radius 2 is 1.64 bits per heavy atom. The number of carbonyl (C=O) groups is 1. The maximum Gasteiger partial charge on any atom is 0.240 e. The first-order chi connectivity index (χ1) is 10.8. The van der Waals surface area contributed by atoms with Crippen LogP contribution in [0.5, 0.6) is 0 Å². The first-order valence-electron chi connectivity index (χ1n) is 7.68. The first kappa shape index (κ1) is 14.6. The molecule has 22 heavy (non-hydrogen) atoms. The maximum atomic E-state index is 12.1. The second-order valence-corrected chi connectivity index (χ2v) is 5.50. The average Bonchev–Trinajstić information content (AvgIpc) is 2.75. The van der Waals surface area contributed by atoms with E-state index in [4.69, 9.17) is 5.73 Å². The van der Waals surface area contributed by atoms with Crippen LogP contribution >= 0.6 is 0 Å². The highest BCUT2D eigenvalue weighted by Gasteiger charge is 2.23. The lowest BCUT2D eigenvalue weighted by molar-refractivity contribution is -0.117. The molecule has 0 aromatic heterocycles. The number of carbonyl (C=O) groups excluding carboxylic acids is 1. The van der Waals surface area contributed by atoms with Crippen molar-refractivity contribution in [1.82, 2.24) is 0 Å². The Bertz CT molecular complexity index is 642. The fraction of sp³-hybridized carbons (Fsp3) is 0.278. The lowest BCUT2D eigenvalue weighted by atomic mass is 10.1. The van der Waals surface area contributed by atoms with Crippen LogP contribution in [0.15, 0.2) is 54.6 Å². The quantitative estimate of drug-likeness (QED) is 0.946. The van der Waals surface area contributed by atoms with Crippen molar-refractivity contribution >= 4 is 17.3 Å². The molecule has 0 bridgehead atoms. The Morgan fingerprint density at radius 3 is 2.36 bits per heavy atom. The number of hydrogen-bond donors (Lipinski definition) is 1. The van der Waals surface area contributed by atoms with Gasteiger partial charge in [0.1, 0.15) is 0 Å². The molecule has 2 aromatic rings. The Hall–Kier alpha value is -2.33. The van der Waals surface area contributed by atoms with E-state index in [2.05, 4.69) is 35.2 Å². The number of hydrogen-bond acceptors (Lipinski definition) is 3. The minimum atomic E-state index is -0.0194. The minimum Gasteiger partial charge on any atom is -0.365 e. The van der Waals surface area contributed by atoms with Crippen molar-refractivity contribution < 1.29 is 4.79 Å². The summed E-state index contributed by atoms with van der Waals surface area (Å²) in [6.07, 6.45) is 0.938. The SMILES string of the molecule is NCC(=O)N1CCCN(Cc2ccccc2)c2ccccc21. The molecule has 3 rings (SSSR count). The monoisotopic (exact) mass is 295 g/mol. The number of benzene rings is 2. The molecule has 0 saturated heterocycles. The van der Waals surface area contributed by atoms with Gasteiger partial charge in [-0.05, 0) is 24.1 Å². The molecule has 0 aliphatic carbocycles. The Balaban J connectivity index is 1.93. The van der Waals surface area contributed by atoms with Gasteiger partial charge in [-0.15, -0.1) is 0 Å². The number of anilines is 2. The third-order valence-electron chi connectivity index (χ3n) is 4.01. The van der Waals surface area contributed by atoms with Crippen molar-refractivity contribution in [3.8, 4) is 0 Å². The molecule has 0 atom stereocenters. The van der Waals surface area contributed by atoms with Crippen LogP contribution in [0.1, 0.15) is 12.0 Å². The zero-order chi connectivity index (χ0) is 15.4. The molecule has 0 fully saturated rings. The molecule has 1 aliphatic heterocycles. The normalized spacial score (nSPS) is 14.4. The zero-order valence-electron chi connectivity index (χ0n) is 12.6. The Labute approximate surface area is 131 Å². The lowest BCUT2D eigenvalue weighted by Gasteiger charge is -2.26. The van der Waals surface area contributed by atoms with Crippen molar-refractivity contribution in [3.63, 3.8) is 0 Å². The largest absolute Gasteiger partial charge is 0.365 e. The number of nitrogens with two attached hydrogens (primary N) is 1. The van der Waals surface area contributed by atoms with E-state index in [0.29, 0.717) is 0 Å². The first-order valence-corrected chi connectivity index (χ1v) is 7.68.